The number of hydrogen-bond acceptors (Lipinski definition) is 5. The van der Waals surface area contributed by atoms with Crippen LogP contribution in [0.3, 0.4) is 0 Å². The van der Waals surface area contributed by atoms with Gasteiger partial charge < -0.3 is 14.0 Å². The average Bonchev–Trinajstić information content (AvgIpc) is 3.48. The molecular weight excluding hydrogens is 402 g/mol. The summed E-state index contributed by atoms with van der Waals surface area (Å²) in [7, 11) is 1.72. The highest BCUT2D eigenvalue weighted by molar-refractivity contribution is 5.85. The zero-order valence-corrected chi connectivity index (χ0v) is 18.8. The molecule has 7 heteroatoms. The Balaban J connectivity index is 1.35. The summed E-state index contributed by atoms with van der Waals surface area (Å²) in [5.74, 6) is 0.890. The van der Waals surface area contributed by atoms with Gasteiger partial charge in [0.1, 0.15) is 11.9 Å². The van der Waals surface area contributed by atoms with Crippen LogP contribution < -0.4 is 4.74 Å². The van der Waals surface area contributed by atoms with Gasteiger partial charge in [-0.15, -0.1) is 0 Å². The highest BCUT2D eigenvalue weighted by atomic mass is 16.5. The summed E-state index contributed by atoms with van der Waals surface area (Å²) in [4.78, 5) is 7.14. The summed E-state index contributed by atoms with van der Waals surface area (Å²) in [5, 5.41) is 8.24. The maximum Gasteiger partial charge on any atom is 0.119 e. The van der Waals surface area contributed by atoms with Crippen LogP contribution in [-0.2, 0) is 11.3 Å². The van der Waals surface area contributed by atoms with Crippen LogP contribution >= 0.6 is 0 Å². The number of ether oxygens (including phenoxy) is 2. The Bertz CT molecular complexity index is 1180. The molecule has 1 aliphatic rings. The van der Waals surface area contributed by atoms with Gasteiger partial charge in [0.15, 0.2) is 0 Å². The predicted molar refractivity (Wildman–Crippen MR) is 125 cm³/mol. The first-order valence-corrected chi connectivity index (χ1v) is 11.1. The van der Waals surface area contributed by atoms with Crippen molar-refractivity contribution in [3.63, 3.8) is 0 Å². The summed E-state index contributed by atoms with van der Waals surface area (Å²) >= 11 is 0. The first-order chi connectivity index (χ1) is 15.6. The lowest BCUT2D eigenvalue weighted by Gasteiger charge is -2.32. The summed E-state index contributed by atoms with van der Waals surface area (Å²) < 4.78 is 13.9. The minimum Gasteiger partial charge on any atom is -0.497 e. The number of rotatable bonds is 6. The second kappa shape index (κ2) is 8.76. The molecule has 32 heavy (non-hydrogen) atoms. The van der Waals surface area contributed by atoms with E-state index in [1.165, 1.54) is 16.5 Å². The fourth-order valence-electron chi connectivity index (χ4n) is 4.42. The minimum absolute atomic E-state index is 0.0347. The van der Waals surface area contributed by atoms with Crippen LogP contribution in [0.5, 0.6) is 5.75 Å². The van der Waals surface area contributed by atoms with Crippen molar-refractivity contribution in [2.75, 3.05) is 26.8 Å². The van der Waals surface area contributed by atoms with Crippen molar-refractivity contribution < 1.29 is 9.47 Å². The van der Waals surface area contributed by atoms with Crippen molar-refractivity contribution in [1.29, 1.82) is 0 Å². The second-order valence-corrected chi connectivity index (χ2v) is 8.58. The van der Waals surface area contributed by atoms with Crippen LogP contribution in [0, 0.1) is 0 Å². The van der Waals surface area contributed by atoms with E-state index in [1.54, 1.807) is 13.3 Å². The molecule has 0 amide bonds. The van der Waals surface area contributed by atoms with Crippen molar-refractivity contribution in [2.45, 2.75) is 32.5 Å². The van der Waals surface area contributed by atoms with Crippen LogP contribution in [0.2, 0.25) is 0 Å². The molecule has 1 saturated heterocycles. The van der Waals surface area contributed by atoms with Gasteiger partial charge in [0.2, 0.25) is 0 Å². The smallest absolute Gasteiger partial charge is 0.119 e. The molecule has 1 aromatic carbocycles. The van der Waals surface area contributed by atoms with E-state index in [4.69, 9.17) is 9.47 Å². The largest absolute Gasteiger partial charge is 0.497 e. The van der Waals surface area contributed by atoms with Gasteiger partial charge in [-0.1, -0.05) is 0 Å². The Kier molecular flexibility index (Phi) is 5.68. The summed E-state index contributed by atoms with van der Waals surface area (Å²) in [5.41, 5.74) is 5.51. The summed E-state index contributed by atoms with van der Waals surface area (Å²) in [6.45, 7) is 7.72. The van der Waals surface area contributed by atoms with Crippen molar-refractivity contribution in [3.05, 3.63) is 66.2 Å². The van der Waals surface area contributed by atoms with Crippen molar-refractivity contribution >= 4 is 10.9 Å². The molecule has 1 aliphatic heterocycles. The number of hydrogen-bond donors (Lipinski definition) is 1. The third-order valence-electron chi connectivity index (χ3n) is 6.15. The number of aromatic amines is 1. The monoisotopic (exact) mass is 431 g/mol. The Morgan fingerprint density at radius 1 is 1.22 bits per heavy atom. The minimum atomic E-state index is -0.0347. The standard InChI is InChI=1S/C25H29N5O2/c1-17(2)30-15-19(21-12-20(31-3)5-7-24(21)30)14-29-10-11-32-25(16-29)23-6-4-18(13-26-23)22-8-9-27-28-22/h4-9,12-13,15,17,25H,10-11,14,16H2,1-3H3,(H,27,28). The molecule has 1 N–H and O–H groups in total. The SMILES string of the molecule is COc1ccc2c(c1)c(CN1CCOC(c3ccc(-c4ccn[nH]4)cn3)C1)cn2C(C)C. The van der Waals surface area contributed by atoms with E-state index in [2.05, 4.69) is 69.0 Å². The number of pyridine rings is 1. The van der Waals surface area contributed by atoms with E-state index in [0.717, 1.165) is 42.3 Å². The fourth-order valence-corrected chi connectivity index (χ4v) is 4.42. The molecule has 4 heterocycles. The number of fused-ring (bicyclic) bond motifs is 1. The van der Waals surface area contributed by atoms with Gasteiger partial charge >= 0.3 is 0 Å². The number of benzene rings is 1. The van der Waals surface area contributed by atoms with Gasteiger partial charge in [0.05, 0.1) is 25.1 Å². The normalized spacial score (nSPS) is 17.3. The lowest BCUT2D eigenvalue weighted by atomic mass is 10.1. The topological polar surface area (TPSA) is 68.2 Å². The molecule has 7 nitrogen and oxygen atoms in total. The van der Waals surface area contributed by atoms with E-state index in [0.29, 0.717) is 12.6 Å². The van der Waals surface area contributed by atoms with Crippen molar-refractivity contribution in [3.8, 4) is 17.0 Å². The van der Waals surface area contributed by atoms with E-state index in [9.17, 15) is 0 Å². The molecular formula is C25H29N5O2. The average molecular weight is 432 g/mol. The zero-order chi connectivity index (χ0) is 22.1. The highest BCUT2D eigenvalue weighted by Gasteiger charge is 2.24. The molecule has 166 valence electrons. The van der Waals surface area contributed by atoms with Crippen LogP contribution in [0.4, 0.5) is 0 Å². The third kappa shape index (κ3) is 4.01. The molecule has 0 bridgehead atoms. The van der Waals surface area contributed by atoms with Crippen LogP contribution in [0.1, 0.15) is 37.3 Å². The predicted octanol–water partition coefficient (Wildman–Crippen LogP) is 4.59. The van der Waals surface area contributed by atoms with E-state index < -0.39 is 0 Å². The van der Waals surface area contributed by atoms with Crippen LogP contribution in [0.15, 0.2) is 55.0 Å². The van der Waals surface area contributed by atoms with Crippen LogP contribution in [-0.4, -0.2) is 51.5 Å². The van der Waals surface area contributed by atoms with Gasteiger partial charge in [0, 0.05) is 60.7 Å². The first-order valence-electron chi connectivity index (χ1n) is 11.1. The lowest BCUT2D eigenvalue weighted by Crippen LogP contribution is -2.38. The summed E-state index contributed by atoms with van der Waals surface area (Å²) in [6, 6.07) is 12.8. The Hall–Kier alpha value is -3.16. The number of methoxy groups -OCH3 is 1. The zero-order valence-electron chi connectivity index (χ0n) is 18.8. The molecule has 4 aromatic rings. The molecule has 1 unspecified atom stereocenters. The molecule has 1 atom stereocenters. The van der Waals surface area contributed by atoms with E-state index >= 15 is 0 Å². The Morgan fingerprint density at radius 3 is 2.84 bits per heavy atom. The maximum atomic E-state index is 6.08. The maximum absolute atomic E-state index is 6.08. The number of aromatic nitrogens is 4. The Labute approximate surface area is 188 Å². The second-order valence-electron chi connectivity index (χ2n) is 8.58. The molecule has 5 rings (SSSR count). The van der Waals surface area contributed by atoms with Crippen LogP contribution in [0.25, 0.3) is 22.2 Å². The van der Waals surface area contributed by atoms with Gasteiger partial charge in [-0.3, -0.25) is 15.0 Å². The molecule has 0 spiro atoms. The van der Waals surface area contributed by atoms with E-state index in [1.807, 2.05) is 18.3 Å². The molecule has 1 fully saturated rings. The lowest BCUT2D eigenvalue weighted by molar-refractivity contribution is -0.0348. The quantitative estimate of drug-likeness (QED) is 0.484. The first kappa shape index (κ1) is 20.7. The number of nitrogens with one attached hydrogen (secondary N) is 1. The fraction of sp³-hybridized carbons (Fsp3) is 0.360. The Morgan fingerprint density at radius 2 is 2.12 bits per heavy atom. The van der Waals surface area contributed by atoms with Gasteiger partial charge in [-0.05, 0) is 55.8 Å². The number of nitrogens with zero attached hydrogens (tertiary/aromatic N) is 4. The van der Waals surface area contributed by atoms with Gasteiger partial charge in [-0.25, -0.2) is 0 Å². The highest BCUT2D eigenvalue weighted by Crippen LogP contribution is 2.31. The van der Waals surface area contributed by atoms with Gasteiger partial charge in [0.25, 0.3) is 0 Å². The molecule has 0 radical (unpaired) electrons. The van der Waals surface area contributed by atoms with E-state index in [-0.39, 0.29) is 6.10 Å². The van der Waals surface area contributed by atoms with Crippen molar-refractivity contribution in [2.24, 2.45) is 0 Å². The van der Waals surface area contributed by atoms with Gasteiger partial charge in [-0.2, -0.15) is 5.10 Å². The number of H-pyrrole nitrogens is 1. The third-order valence-corrected chi connectivity index (χ3v) is 6.15. The summed E-state index contributed by atoms with van der Waals surface area (Å²) in [6.07, 6.45) is 5.88. The molecule has 0 aliphatic carbocycles. The van der Waals surface area contributed by atoms with Crippen molar-refractivity contribution in [1.82, 2.24) is 24.6 Å². The molecule has 0 saturated carbocycles. The number of morpholine rings is 1. The molecule has 3 aromatic heterocycles.